The molecule has 0 heterocycles. The molecule has 0 saturated heterocycles. The molecule has 3 fully saturated rings. The molecule has 3 aliphatic rings. The molecule has 4 rings (SSSR count). The zero-order valence-corrected chi connectivity index (χ0v) is 11.2. The average Bonchev–Trinajstić information content (AvgIpc) is 2.79. The normalized spacial score (nSPS) is 38.9. The van der Waals surface area contributed by atoms with E-state index in [4.69, 9.17) is 0 Å². The van der Waals surface area contributed by atoms with Gasteiger partial charge < -0.3 is 10.4 Å². The van der Waals surface area contributed by atoms with Crippen LogP contribution in [0.4, 0.5) is 8.78 Å². The van der Waals surface area contributed by atoms with Crippen molar-refractivity contribution in [1.82, 2.24) is 5.32 Å². The molecule has 3 aliphatic carbocycles. The number of fused-ring (bicyclic) bond motifs is 5. The Labute approximate surface area is 117 Å². The number of rotatable bonds is 4. The molecule has 0 aromatic heterocycles. The predicted molar refractivity (Wildman–Crippen MR) is 70.9 cm³/mol. The molecule has 1 aromatic carbocycles. The highest BCUT2D eigenvalue weighted by Gasteiger charge is 2.64. The summed E-state index contributed by atoms with van der Waals surface area (Å²) in [5.41, 5.74) is -0.214. The van der Waals surface area contributed by atoms with E-state index in [0.29, 0.717) is 6.04 Å². The highest BCUT2D eigenvalue weighted by molar-refractivity contribution is 5.23. The minimum Gasteiger partial charge on any atom is -0.387 e. The van der Waals surface area contributed by atoms with Crippen molar-refractivity contribution in [3.8, 4) is 0 Å². The summed E-state index contributed by atoms with van der Waals surface area (Å²) in [6, 6.07) is 4.16. The van der Waals surface area contributed by atoms with Gasteiger partial charge in [0.05, 0.1) is 11.7 Å². The molecule has 20 heavy (non-hydrogen) atoms. The Morgan fingerprint density at radius 2 is 1.75 bits per heavy atom. The summed E-state index contributed by atoms with van der Waals surface area (Å²) >= 11 is 0. The largest absolute Gasteiger partial charge is 0.387 e. The van der Waals surface area contributed by atoms with Crippen molar-refractivity contribution in [3.05, 3.63) is 35.4 Å². The van der Waals surface area contributed by atoms with E-state index >= 15 is 0 Å². The molecule has 0 aliphatic heterocycles. The monoisotopic (exact) mass is 279 g/mol. The highest BCUT2D eigenvalue weighted by Crippen LogP contribution is 2.65. The van der Waals surface area contributed by atoms with Crippen molar-refractivity contribution in [1.29, 1.82) is 0 Å². The second-order valence-corrected chi connectivity index (χ2v) is 6.57. The van der Waals surface area contributed by atoms with Crippen LogP contribution in [0.5, 0.6) is 0 Å². The van der Waals surface area contributed by atoms with Gasteiger partial charge in [-0.15, -0.1) is 0 Å². The second-order valence-electron chi connectivity index (χ2n) is 6.57. The van der Waals surface area contributed by atoms with Crippen LogP contribution < -0.4 is 5.32 Å². The van der Waals surface area contributed by atoms with E-state index in [-0.39, 0.29) is 12.1 Å². The van der Waals surface area contributed by atoms with Gasteiger partial charge in [-0.3, -0.25) is 0 Å². The van der Waals surface area contributed by atoms with Crippen LogP contribution in [0, 0.1) is 35.3 Å². The van der Waals surface area contributed by atoms with Crippen LogP contribution in [-0.2, 0) is 0 Å². The third-order valence-corrected chi connectivity index (χ3v) is 5.62. The summed E-state index contributed by atoms with van der Waals surface area (Å²) in [5, 5.41) is 13.4. The first-order chi connectivity index (χ1) is 9.66. The molecule has 5 unspecified atom stereocenters. The Kier molecular flexibility index (Phi) is 2.86. The minimum atomic E-state index is -1.12. The number of hydrogen-bond donors (Lipinski definition) is 2. The van der Waals surface area contributed by atoms with Gasteiger partial charge in [-0.05, 0) is 55.1 Å². The SMILES string of the molecule is OC(CNC1C2C3CCC(C3)C12)c1c(F)cccc1F. The Hall–Kier alpha value is -1.00. The molecule has 4 heteroatoms. The first kappa shape index (κ1) is 12.7. The quantitative estimate of drug-likeness (QED) is 0.888. The molecule has 2 N–H and O–H groups in total. The summed E-state index contributed by atoms with van der Waals surface area (Å²) in [4.78, 5) is 0. The third-order valence-electron chi connectivity index (χ3n) is 5.62. The second kappa shape index (κ2) is 4.50. The number of aliphatic hydroxyl groups is 1. The van der Waals surface area contributed by atoms with Gasteiger partial charge in [0.2, 0.25) is 0 Å². The van der Waals surface area contributed by atoms with Gasteiger partial charge in [0.15, 0.2) is 0 Å². The lowest BCUT2D eigenvalue weighted by Crippen LogP contribution is -2.28. The lowest BCUT2D eigenvalue weighted by molar-refractivity contribution is 0.162. The van der Waals surface area contributed by atoms with E-state index in [9.17, 15) is 13.9 Å². The maximum Gasteiger partial charge on any atom is 0.131 e. The maximum absolute atomic E-state index is 13.6. The van der Waals surface area contributed by atoms with Crippen molar-refractivity contribution in [2.75, 3.05) is 6.54 Å². The fraction of sp³-hybridized carbons (Fsp3) is 0.625. The Bertz CT molecular complexity index is 499. The standard InChI is InChI=1S/C16H19F2NO/c17-10-2-1-3-11(18)15(10)12(20)7-19-16-13-8-4-5-9(6-8)14(13)16/h1-3,8-9,12-14,16,19-20H,4-7H2. The Morgan fingerprint density at radius 1 is 1.15 bits per heavy atom. The van der Waals surface area contributed by atoms with E-state index in [2.05, 4.69) is 5.32 Å². The van der Waals surface area contributed by atoms with Crippen LogP contribution in [0.1, 0.15) is 30.9 Å². The molecule has 2 nitrogen and oxygen atoms in total. The van der Waals surface area contributed by atoms with E-state index < -0.39 is 17.7 Å². The third kappa shape index (κ3) is 1.81. The summed E-state index contributed by atoms with van der Waals surface area (Å²) in [6.45, 7) is 0.231. The highest BCUT2D eigenvalue weighted by atomic mass is 19.1. The first-order valence-corrected chi connectivity index (χ1v) is 7.52. The van der Waals surface area contributed by atoms with Crippen molar-refractivity contribution in [2.45, 2.75) is 31.4 Å². The smallest absolute Gasteiger partial charge is 0.131 e. The summed E-state index contributed by atoms with van der Waals surface area (Å²) in [5.74, 6) is 1.87. The van der Waals surface area contributed by atoms with Crippen LogP contribution in [0.15, 0.2) is 18.2 Å². The van der Waals surface area contributed by atoms with Gasteiger partial charge in [0.1, 0.15) is 11.6 Å². The average molecular weight is 279 g/mol. The van der Waals surface area contributed by atoms with Crippen LogP contribution >= 0.6 is 0 Å². The number of halogens is 2. The van der Waals surface area contributed by atoms with E-state index in [1.807, 2.05) is 0 Å². The fourth-order valence-electron chi connectivity index (χ4n) is 4.78. The van der Waals surface area contributed by atoms with Crippen molar-refractivity contribution in [2.24, 2.45) is 23.7 Å². The van der Waals surface area contributed by atoms with Crippen molar-refractivity contribution < 1.29 is 13.9 Å². The molecular weight excluding hydrogens is 260 g/mol. The lowest BCUT2D eigenvalue weighted by Gasteiger charge is -2.16. The van der Waals surface area contributed by atoms with Gasteiger partial charge in [0.25, 0.3) is 0 Å². The first-order valence-electron chi connectivity index (χ1n) is 7.52. The van der Waals surface area contributed by atoms with Gasteiger partial charge in [0, 0.05) is 12.6 Å². The minimum absolute atomic E-state index is 0.214. The van der Waals surface area contributed by atoms with Gasteiger partial charge >= 0.3 is 0 Å². The van der Waals surface area contributed by atoms with Gasteiger partial charge in [-0.25, -0.2) is 8.78 Å². The van der Waals surface area contributed by atoms with Gasteiger partial charge in [-0.1, -0.05) is 6.07 Å². The Morgan fingerprint density at radius 3 is 2.35 bits per heavy atom. The summed E-state index contributed by atoms with van der Waals surface area (Å²) < 4.78 is 27.2. The Balaban J connectivity index is 1.39. The zero-order valence-electron chi connectivity index (χ0n) is 11.2. The maximum atomic E-state index is 13.6. The van der Waals surface area contributed by atoms with Crippen molar-refractivity contribution >= 4 is 0 Å². The molecule has 2 bridgehead atoms. The fourth-order valence-corrected chi connectivity index (χ4v) is 4.78. The van der Waals surface area contributed by atoms with Gasteiger partial charge in [-0.2, -0.15) is 0 Å². The number of hydrogen-bond acceptors (Lipinski definition) is 2. The van der Waals surface area contributed by atoms with Crippen LogP contribution in [0.2, 0.25) is 0 Å². The molecule has 108 valence electrons. The summed E-state index contributed by atoms with van der Waals surface area (Å²) in [6.07, 6.45) is 2.94. The number of aliphatic hydroxyl groups excluding tert-OH is 1. The topological polar surface area (TPSA) is 32.3 Å². The van der Waals surface area contributed by atoms with Crippen molar-refractivity contribution in [3.63, 3.8) is 0 Å². The molecule has 0 spiro atoms. The van der Waals surface area contributed by atoms with Crippen LogP contribution in [0.3, 0.4) is 0 Å². The zero-order chi connectivity index (χ0) is 13.9. The lowest BCUT2D eigenvalue weighted by atomic mass is 10.0. The predicted octanol–water partition coefficient (Wildman–Crippen LogP) is 2.63. The molecule has 3 saturated carbocycles. The summed E-state index contributed by atoms with van der Waals surface area (Å²) in [7, 11) is 0. The van der Waals surface area contributed by atoms with Crippen LogP contribution in [0.25, 0.3) is 0 Å². The molecule has 5 atom stereocenters. The molecule has 0 amide bonds. The van der Waals surface area contributed by atoms with E-state index in [1.54, 1.807) is 0 Å². The number of benzene rings is 1. The molecule has 0 radical (unpaired) electrons. The van der Waals surface area contributed by atoms with E-state index in [1.165, 1.54) is 37.5 Å². The molecular formula is C16H19F2NO. The molecule has 1 aromatic rings. The van der Waals surface area contributed by atoms with E-state index in [0.717, 1.165) is 23.7 Å². The number of nitrogens with one attached hydrogen (secondary N) is 1. The van der Waals surface area contributed by atoms with Crippen LogP contribution in [-0.4, -0.2) is 17.7 Å².